The number of carbonyl (C=O) groups excluding carboxylic acids is 1. The number of rotatable bonds is 8. The van der Waals surface area contributed by atoms with E-state index in [2.05, 4.69) is 16.7 Å². The minimum atomic E-state index is -0.0635. The summed E-state index contributed by atoms with van der Waals surface area (Å²) >= 11 is 5.89. The number of carbonyl (C=O) groups is 1. The fourth-order valence-corrected chi connectivity index (χ4v) is 2.76. The van der Waals surface area contributed by atoms with Crippen LogP contribution in [-0.4, -0.2) is 34.6 Å². The summed E-state index contributed by atoms with van der Waals surface area (Å²) in [5.74, 6) is 1.50. The molecular formula is C21H20ClN3O3. The van der Waals surface area contributed by atoms with Crippen molar-refractivity contribution in [3.8, 4) is 17.1 Å². The van der Waals surface area contributed by atoms with Crippen LogP contribution in [-0.2, 0) is 17.8 Å². The summed E-state index contributed by atoms with van der Waals surface area (Å²) in [6.45, 7) is 4.31. The Kier molecular flexibility index (Phi) is 6.45. The molecule has 0 unspecified atom stereocenters. The maximum Gasteiger partial charge on any atom is 0.246 e. The van der Waals surface area contributed by atoms with Crippen LogP contribution >= 0.6 is 11.6 Å². The van der Waals surface area contributed by atoms with E-state index in [-0.39, 0.29) is 18.9 Å². The van der Waals surface area contributed by atoms with Gasteiger partial charge >= 0.3 is 0 Å². The van der Waals surface area contributed by atoms with Gasteiger partial charge in [-0.05, 0) is 42.0 Å². The van der Waals surface area contributed by atoms with E-state index in [1.165, 1.54) is 0 Å². The summed E-state index contributed by atoms with van der Waals surface area (Å²) < 4.78 is 10.5. The number of hydrogen-bond donors (Lipinski definition) is 0. The molecular weight excluding hydrogens is 378 g/mol. The van der Waals surface area contributed by atoms with Crippen LogP contribution in [0.1, 0.15) is 11.5 Å². The van der Waals surface area contributed by atoms with Crippen molar-refractivity contribution in [2.45, 2.75) is 13.0 Å². The summed E-state index contributed by atoms with van der Waals surface area (Å²) in [5, 5.41) is 4.64. The lowest BCUT2D eigenvalue weighted by atomic mass is 10.1. The first kappa shape index (κ1) is 19.6. The number of ether oxygens (including phenoxy) is 1. The van der Waals surface area contributed by atoms with Crippen molar-refractivity contribution in [1.82, 2.24) is 15.0 Å². The topological polar surface area (TPSA) is 68.5 Å². The van der Waals surface area contributed by atoms with Crippen molar-refractivity contribution in [3.05, 3.63) is 77.7 Å². The Balaban J connectivity index is 1.69. The Hall–Kier alpha value is -3.12. The van der Waals surface area contributed by atoms with Crippen LogP contribution < -0.4 is 4.74 Å². The van der Waals surface area contributed by atoms with Gasteiger partial charge in [0.1, 0.15) is 12.3 Å². The number of aromatic nitrogens is 2. The summed E-state index contributed by atoms with van der Waals surface area (Å²) in [6.07, 6.45) is 1.92. The third kappa shape index (κ3) is 4.98. The van der Waals surface area contributed by atoms with Gasteiger partial charge in [-0.1, -0.05) is 35.0 Å². The van der Waals surface area contributed by atoms with Gasteiger partial charge in [-0.2, -0.15) is 4.98 Å². The predicted octanol–water partition coefficient (Wildman–Crippen LogP) is 4.16. The number of nitrogens with zero attached hydrogens (tertiary/aromatic N) is 3. The average Bonchev–Trinajstić information content (AvgIpc) is 3.18. The van der Waals surface area contributed by atoms with Crippen molar-refractivity contribution in [2.24, 2.45) is 0 Å². The molecule has 1 amide bonds. The Bertz CT molecular complexity index is 936. The molecule has 3 rings (SSSR count). The van der Waals surface area contributed by atoms with E-state index in [9.17, 15) is 4.79 Å². The van der Waals surface area contributed by atoms with Gasteiger partial charge in [0.25, 0.3) is 0 Å². The van der Waals surface area contributed by atoms with Crippen molar-refractivity contribution in [3.63, 3.8) is 0 Å². The lowest BCUT2D eigenvalue weighted by Gasteiger charge is -2.19. The van der Waals surface area contributed by atoms with Crippen molar-refractivity contribution in [1.29, 1.82) is 0 Å². The first-order chi connectivity index (χ1) is 13.6. The van der Waals surface area contributed by atoms with Gasteiger partial charge in [0, 0.05) is 17.1 Å². The molecule has 1 heterocycles. The molecule has 0 saturated heterocycles. The highest BCUT2D eigenvalue weighted by Gasteiger charge is 2.17. The van der Waals surface area contributed by atoms with Gasteiger partial charge in [-0.3, -0.25) is 4.79 Å². The van der Waals surface area contributed by atoms with E-state index >= 15 is 0 Å². The van der Waals surface area contributed by atoms with Gasteiger partial charge in [-0.15, -0.1) is 6.58 Å². The Morgan fingerprint density at radius 2 is 1.93 bits per heavy atom. The lowest BCUT2D eigenvalue weighted by Crippen LogP contribution is -2.32. The predicted molar refractivity (Wildman–Crippen MR) is 107 cm³/mol. The molecule has 144 valence electrons. The second-order valence-electron chi connectivity index (χ2n) is 6.11. The monoisotopic (exact) mass is 397 g/mol. The van der Waals surface area contributed by atoms with Gasteiger partial charge < -0.3 is 14.2 Å². The third-order valence-electron chi connectivity index (χ3n) is 4.11. The molecule has 0 atom stereocenters. The molecule has 0 radical (unpaired) electrons. The maximum atomic E-state index is 12.7. The summed E-state index contributed by atoms with van der Waals surface area (Å²) in [6, 6.07) is 14.5. The number of amides is 1. The second kappa shape index (κ2) is 9.19. The molecule has 2 aromatic carbocycles. The highest BCUT2D eigenvalue weighted by Crippen LogP contribution is 2.20. The molecule has 3 aromatic rings. The lowest BCUT2D eigenvalue weighted by molar-refractivity contribution is -0.130. The SMILES string of the molecule is C=CCN(Cc1nc(-c2ccc(OC)cc2)no1)C(=O)Cc1ccc(Cl)cc1. The van der Waals surface area contributed by atoms with Crippen LogP contribution in [0.25, 0.3) is 11.4 Å². The zero-order valence-corrected chi connectivity index (χ0v) is 16.2. The van der Waals surface area contributed by atoms with Crippen molar-refractivity contribution in [2.75, 3.05) is 13.7 Å². The minimum Gasteiger partial charge on any atom is -0.497 e. The van der Waals surface area contributed by atoms with Crippen LogP contribution in [0.2, 0.25) is 5.02 Å². The molecule has 0 spiro atoms. The molecule has 28 heavy (non-hydrogen) atoms. The largest absolute Gasteiger partial charge is 0.497 e. The summed E-state index contributed by atoms with van der Waals surface area (Å²) in [7, 11) is 1.61. The van der Waals surface area contributed by atoms with Crippen LogP contribution in [0.5, 0.6) is 5.75 Å². The zero-order chi connectivity index (χ0) is 19.9. The maximum absolute atomic E-state index is 12.7. The van der Waals surface area contributed by atoms with Gasteiger partial charge in [0.05, 0.1) is 13.5 Å². The molecule has 1 aromatic heterocycles. The van der Waals surface area contributed by atoms with E-state index in [4.69, 9.17) is 20.9 Å². The molecule has 7 heteroatoms. The molecule has 0 fully saturated rings. The van der Waals surface area contributed by atoms with E-state index in [1.54, 1.807) is 30.2 Å². The minimum absolute atomic E-state index is 0.0635. The van der Waals surface area contributed by atoms with E-state index in [1.807, 2.05) is 36.4 Å². The molecule has 0 aliphatic rings. The van der Waals surface area contributed by atoms with Crippen LogP contribution in [0, 0.1) is 0 Å². The van der Waals surface area contributed by atoms with Crippen molar-refractivity contribution >= 4 is 17.5 Å². The van der Waals surface area contributed by atoms with Gasteiger partial charge in [-0.25, -0.2) is 0 Å². The Morgan fingerprint density at radius 3 is 2.57 bits per heavy atom. The summed E-state index contributed by atoms with van der Waals surface area (Å²) in [5.41, 5.74) is 1.69. The van der Waals surface area contributed by atoms with Gasteiger partial charge in [0.15, 0.2) is 0 Å². The molecule has 0 saturated carbocycles. The van der Waals surface area contributed by atoms with Gasteiger partial charge in [0.2, 0.25) is 17.6 Å². The highest BCUT2D eigenvalue weighted by molar-refractivity contribution is 6.30. The molecule has 0 N–H and O–H groups in total. The number of hydrogen-bond acceptors (Lipinski definition) is 5. The fraction of sp³-hybridized carbons (Fsp3) is 0.190. The third-order valence-corrected chi connectivity index (χ3v) is 4.37. The Labute approximate surface area is 168 Å². The fourth-order valence-electron chi connectivity index (χ4n) is 2.64. The van der Waals surface area contributed by atoms with E-state index in [0.717, 1.165) is 16.9 Å². The van der Waals surface area contributed by atoms with Crippen molar-refractivity contribution < 1.29 is 14.1 Å². The van der Waals surface area contributed by atoms with Crippen LogP contribution in [0.15, 0.2) is 65.7 Å². The standard InChI is InChI=1S/C21H20ClN3O3/c1-3-12-25(20(26)13-15-4-8-17(22)9-5-15)14-19-23-21(24-28-19)16-6-10-18(27-2)11-7-16/h3-11H,1,12-14H2,2H3. The molecule has 0 aliphatic carbocycles. The van der Waals surface area contributed by atoms with E-state index in [0.29, 0.717) is 23.3 Å². The second-order valence-corrected chi connectivity index (χ2v) is 6.54. The molecule has 6 nitrogen and oxygen atoms in total. The smallest absolute Gasteiger partial charge is 0.246 e. The average molecular weight is 398 g/mol. The first-order valence-electron chi connectivity index (χ1n) is 8.69. The van der Waals surface area contributed by atoms with Crippen LogP contribution in [0.4, 0.5) is 0 Å². The van der Waals surface area contributed by atoms with Crippen LogP contribution in [0.3, 0.4) is 0 Å². The quantitative estimate of drug-likeness (QED) is 0.534. The Morgan fingerprint density at radius 1 is 1.21 bits per heavy atom. The zero-order valence-electron chi connectivity index (χ0n) is 15.5. The molecule has 0 bridgehead atoms. The number of benzene rings is 2. The highest BCUT2D eigenvalue weighted by atomic mass is 35.5. The number of halogens is 1. The van der Waals surface area contributed by atoms with E-state index < -0.39 is 0 Å². The molecule has 0 aliphatic heterocycles. The summed E-state index contributed by atoms with van der Waals surface area (Å²) in [4.78, 5) is 18.7. The first-order valence-corrected chi connectivity index (χ1v) is 9.07. The normalized spacial score (nSPS) is 10.5. The number of methoxy groups -OCH3 is 1.